The van der Waals surface area contributed by atoms with Crippen LogP contribution in [0.1, 0.15) is 24.8 Å². The molecule has 2 saturated heterocycles. The van der Waals surface area contributed by atoms with Gasteiger partial charge in [-0.2, -0.15) is 0 Å². The standard InChI is InChI=1S/C19H26N2O4S/c1-26(23,24)21-12-9-19(10-13-21)16-18(22)20(14-15-25-19)11-5-8-17-6-3-2-4-7-17/h2-8H,9-16H2,1H3. The number of carbonyl (C=O) groups is 1. The van der Waals surface area contributed by atoms with Crippen molar-refractivity contribution in [1.29, 1.82) is 0 Å². The first-order valence-electron chi connectivity index (χ1n) is 8.96. The average molecular weight is 378 g/mol. The normalized spacial score (nSPS) is 22.0. The summed E-state index contributed by atoms with van der Waals surface area (Å²) in [6.07, 6.45) is 6.70. The zero-order valence-electron chi connectivity index (χ0n) is 15.1. The fourth-order valence-electron chi connectivity index (χ4n) is 3.56. The molecule has 26 heavy (non-hydrogen) atoms. The molecule has 0 aliphatic carbocycles. The highest BCUT2D eigenvalue weighted by Gasteiger charge is 2.41. The fourth-order valence-corrected chi connectivity index (χ4v) is 4.40. The van der Waals surface area contributed by atoms with Crippen LogP contribution in [0.3, 0.4) is 0 Å². The van der Waals surface area contributed by atoms with E-state index in [0.29, 0.717) is 52.0 Å². The lowest BCUT2D eigenvalue weighted by Gasteiger charge is -2.39. The van der Waals surface area contributed by atoms with Gasteiger partial charge in [0.15, 0.2) is 0 Å². The molecule has 0 saturated carbocycles. The summed E-state index contributed by atoms with van der Waals surface area (Å²) >= 11 is 0. The minimum Gasteiger partial charge on any atom is -0.373 e. The van der Waals surface area contributed by atoms with E-state index >= 15 is 0 Å². The third-order valence-electron chi connectivity index (χ3n) is 5.13. The van der Waals surface area contributed by atoms with Crippen LogP contribution in [0.15, 0.2) is 36.4 Å². The number of hydrogen-bond donors (Lipinski definition) is 0. The molecule has 3 rings (SSSR count). The predicted octanol–water partition coefficient (Wildman–Crippen LogP) is 1.74. The lowest BCUT2D eigenvalue weighted by molar-refractivity contribution is -0.134. The van der Waals surface area contributed by atoms with Crippen molar-refractivity contribution in [3.05, 3.63) is 42.0 Å². The van der Waals surface area contributed by atoms with E-state index in [1.807, 2.05) is 47.4 Å². The summed E-state index contributed by atoms with van der Waals surface area (Å²) in [5.41, 5.74) is 0.589. The number of carbonyl (C=O) groups excluding carboxylic acids is 1. The van der Waals surface area contributed by atoms with E-state index in [4.69, 9.17) is 4.74 Å². The van der Waals surface area contributed by atoms with Gasteiger partial charge in [-0.05, 0) is 18.4 Å². The molecule has 1 aromatic carbocycles. The van der Waals surface area contributed by atoms with E-state index in [2.05, 4.69) is 0 Å². The van der Waals surface area contributed by atoms with Crippen LogP contribution in [-0.2, 0) is 19.6 Å². The number of rotatable bonds is 4. The van der Waals surface area contributed by atoms with Gasteiger partial charge in [-0.15, -0.1) is 0 Å². The van der Waals surface area contributed by atoms with Gasteiger partial charge in [0.1, 0.15) is 0 Å². The maximum absolute atomic E-state index is 12.7. The quantitative estimate of drug-likeness (QED) is 0.800. The molecule has 0 unspecified atom stereocenters. The summed E-state index contributed by atoms with van der Waals surface area (Å²) in [5.74, 6) is 0.0769. The van der Waals surface area contributed by atoms with Crippen molar-refractivity contribution in [2.75, 3.05) is 39.0 Å². The first kappa shape index (κ1) is 19.1. The monoisotopic (exact) mass is 378 g/mol. The number of piperidine rings is 1. The topological polar surface area (TPSA) is 66.9 Å². The lowest BCUT2D eigenvalue weighted by atomic mass is 9.88. The number of hydrogen-bond acceptors (Lipinski definition) is 4. The molecule has 7 heteroatoms. The molecule has 0 aromatic heterocycles. The Morgan fingerprint density at radius 2 is 1.85 bits per heavy atom. The molecule has 2 heterocycles. The van der Waals surface area contributed by atoms with Gasteiger partial charge in [0, 0.05) is 26.2 Å². The Morgan fingerprint density at radius 1 is 1.15 bits per heavy atom. The van der Waals surface area contributed by atoms with Gasteiger partial charge in [-0.3, -0.25) is 4.79 Å². The summed E-state index contributed by atoms with van der Waals surface area (Å²) in [4.78, 5) is 14.5. The molecule has 0 atom stereocenters. The number of nitrogens with zero attached hydrogens (tertiary/aromatic N) is 2. The molecule has 2 aliphatic heterocycles. The SMILES string of the molecule is CS(=O)(=O)N1CCC2(CC1)CC(=O)N(CC=Cc1ccccc1)CCO2. The van der Waals surface area contributed by atoms with Crippen LogP contribution in [0.4, 0.5) is 0 Å². The molecule has 1 spiro atoms. The molecule has 2 aliphatic rings. The highest BCUT2D eigenvalue weighted by atomic mass is 32.2. The van der Waals surface area contributed by atoms with Gasteiger partial charge in [0.25, 0.3) is 0 Å². The van der Waals surface area contributed by atoms with Crippen LogP contribution in [0.25, 0.3) is 6.08 Å². The van der Waals surface area contributed by atoms with E-state index < -0.39 is 15.6 Å². The minimum absolute atomic E-state index is 0.0769. The van der Waals surface area contributed by atoms with E-state index in [0.717, 1.165) is 5.56 Å². The fraction of sp³-hybridized carbons (Fsp3) is 0.526. The third kappa shape index (κ3) is 4.72. The number of ether oxygens (including phenoxy) is 1. The zero-order valence-corrected chi connectivity index (χ0v) is 16.0. The largest absolute Gasteiger partial charge is 0.373 e. The van der Waals surface area contributed by atoms with E-state index in [-0.39, 0.29) is 5.91 Å². The molecule has 0 N–H and O–H groups in total. The van der Waals surface area contributed by atoms with Gasteiger partial charge in [-0.25, -0.2) is 12.7 Å². The minimum atomic E-state index is -3.18. The summed E-state index contributed by atoms with van der Waals surface area (Å²) in [6.45, 7) is 2.45. The first-order chi connectivity index (χ1) is 12.4. The molecule has 6 nitrogen and oxygen atoms in total. The van der Waals surface area contributed by atoms with Gasteiger partial charge in [0.05, 0.1) is 24.9 Å². The molecular weight excluding hydrogens is 352 g/mol. The zero-order chi connectivity index (χ0) is 18.6. The third-order valence-corrected chi connectivity index (χ3v) is 6.44. The molecule has 2 fully saturated rings. The second kappa shape index (κ2) is 7.90. The van der Waals surface area contributed by atoms with Crippen LogP contribution in [0, 0.1) is 0 Å². The van der Waals surface area contributed by atoms with Crippen LogP contribution >= 0.6 is 0 Å². The van der Waals surface area contributed by atoms with Gasteiger partial charge in [-0.1, -0.05) is 42.5 Å². The first-order valence-corrected chi connectivity index (χ1v) is 10.8. The van der Waals surface area contributed by atoms with E-state index in [1.54, 1.807) is 0 Å². The Bertz CT molecular complexity index is 753. The molecule has 0 bridgehead atoms. The Kier molecular flexibility index (Phi) is 5.79. The van der Waals surface area contributed by atoms with Crippen molar-refractivity contribution in [1.82, 2.24) is 9.21 Å². The second-order valence-corrected chi connectivity index (χ2v) is 9.01. The van der Waals surface area contributed by atoms with Crippen molar-refractivity contribution >= 4 is 22.0 Å². The maximum Gasteiger partial charge on any atom is 0.225 e. The van der Waals surface area contributed by atoms with Crippen molar-refractivity contribution in [2.24, 2.45) is 0 Å². The predicted molar refractivity (Wildman–Crippen MR) is 101 cm³/mol. The molecule has 1 amide bonds. The van der Waals surface area contributed by atoms with Crippen molar-refractivity contribution in [3.63, 3.8) is 0 Å². The average Bonchev–Trinajstić information content (AvgIpc) is 2.75. The van der Waals surface area contributed by atoms with Crippen molar-refractivity contribution in [2.45, 2.75) is 24.9 Å². The molecule has 0 radical (unpaired) electrons. The van der Waals surface area contributed by atoms with Crippen LogP contribution in [0.2, 0.25) is 0 Å². The Balaban J connectivity index is 1.58. The van der Waals surface area contributed by atoms with Gasteiger partial charge >= 0.3 is 0 Å². The van der Waals surface area contributed by atoms with Gasteiger partial charge in [0.2, 0.25) is 15.9 Å². The van der Waals surface area contributed by atoms with E-state index in [9.17, 15) is 13.2 Å². The van der Waals surface area contributed by atoms with E-state index in [1.165, 1.54) is 10.6 Å². The number of sulfonamides is 1. The van der Waals surface area contributed by atoms with Crippen molar-refractivity contribution < 1.29 is 17.9 Å². The van der Waals surface area contributed by atoms with Crippen LogP contribution in [0.5, 0.6) is 0 Å². The second-order valence-electron chi connectivity index (χ2n) is 7.02. The van der Waals surface area contributed by atoms with Gasteiger partial charge < -0.3 is 9.64 Å². The smallest absolute Gasteiger partial charge is 0.225 e. The highest BCUT2D eigenvalue weighted by molar-refractivity contribution is 7.88. The number of amides is 1. The molecule has 1 aromatic rings. The summed E-state index contributed by atoms with van der Waals surface area (Å²) in [5, 5.41) is 0. The summed E-state index contributed by atoms with van der Waals surface area (Å²) < 4.78 is 30.9. The Hall–Kier alpha value is -1.70. The Labute approximate surface area is 155 Å². The van der Waals surface area contributed by atoms with Crippen molar-refractivity contribution in [3.8, 4) is 0 Å². The summed E-state index contributed by atoms with van der Waals surface area (Å²) in [7, 11) is -3.18. The van der Waals surface area contributed by atoms with Crippen LogP contribution in [-0.4, -0.2) is 68.2 Å². The molecule has 142 valence electrons. The Morgan fingerprint density at radius 3 is 2.50 bits per heavy atom. The number of benzene rings is 1. The highest BCUT2D eigenvalue weighted by Crippen LogP contribution is 2.33. The maximum atomic E-state index is 12.7. The summed E-state index contributed by atoms with van der Waals surface area (Å²) in [6, 6.07) is 9.98. The van der Waals surface area contributed by atoms with Crippen LogP contribution < -0.4 is 0 Å². The lowest BCUT2D eigenvalue weighted by Crippen LogP contribution is -2.48. The molecular formula is C19H26N2O4S.